The van der Waals surface area contributed by atoms with Crippen LogP contribution < -0.4 is 0 Å². The molecule has 0 aromatic rings. The summed E-state index contributed by atoms with van der Waals surface area (Å²) in [6, 6.07) is 0. The molecule has 1 aliphatic rings. The van der Waals surface area contributed by atoms with Gasteiger partial charge in [0.1, 0.15) is 0 Å². The molecule has 0 spiro atoms. The smallest absolute Gasteiger partial charge is 0.320 e. The Morgan fingerprint density at radius 2 is 2.24 bits per heavy atom. The number of hydrogen-bond donors (Lipinski definition) is 1. The van der Waals surface area contributed by atoms with Gasteiger partial charge in [0.25, 0.3) is 0 Å². The first kappa shape index (κ1) is 14.4. The number of hydrogen-bond acceptors (Lipinski definition) is 4. The van der Waals surface area contributed by atoms with Crippen LogP contribution >= 0.6 is 0 Å². The molecule has 0 bridgehead atoms. The minimum atomic E-state index is -3.69. The van der Waals surface area contributed by atoms with Crippen molar-refractivity contribution in [2.45, 2.75) is 32.3 Å². The van der Waals surface area contributed by atoms with Crippen LogP contribution in [0.25, 0.3) is 0 Å². The lowest BCUT2D eigenvalue weighted by molar-refractivity contribution is -0.134. The van der Waals surface area contributed by atoms with Crippen LogP contribution in [0.1, 0.15) is 26.2 Å². The van der Waals surface area contributed by atoms with Crippen molar-refractivity contribution in [3.8, 4) is 0 Å². The van der Waals surface area contributed by atoms with Gasteiger partial charge >= 0.3 is 5.97 Å². The van der Waals surface area contributed by atoms with Crippen molar-refractivity contribution >= 4 is 16.0 Å². The van der Waals surface area contributed by atoms with Crippen molar-refractivity contribution in [2.75, 3.05) is 25.4 Å². The summed E-state index contributed by atoms with van der Waals surface area (Å²) in [4.78, 5) is 10.5. The molecule has 1 N–H and O–H groups in total. The highest BCUT2D eigenvalue weighted by atomic mass is 32.2. The molecule has 0 aromatic heterocycles. The van der Waals surface area contributed by atoms with Gasteiger partial charge in [-0.15, -0.1) is 0 Å². The predicted octanol–water partition coefficient (Wildman–Crippen LogP) is 0.292. The molecule has 1 fully saturated rings. The maximum atomic E-state index is 11.7. The van der Waals surface area contributed by atoms with Crippen LogP contribution in [0.2, 0.25) is 0 Å². The summed E-state index contributed by atoms with van der Waals surface area (Å²) in [7, 11) is -3.69. The van der Waals surface area contributed by atoms with Crippen LogP contribution in [0.15, 0.2) is 0 Å². The zero-order chi connectivity index (χ0) is 12.9. The summed E-state index contributed by atoms with van der Waals surface area (Å²) in [5, 5.41) is 8.55. The van der Waals surface area contributed by atoms with E-state index in [4.69, 9.17) is 9.84 Å². The van der Waals surface area contributed by atoms with Gasteiger partial charge < -0.3 is 9.84 Å². The van der Waals surface area contributed by atoms with Crippen molar-refractivity contribution in [2.24, 2.45) is 0 Å². The van der Waals surface area contributed by atoms with E-state index in [1.54, 1.807) is 0 Å². The number of nitrogens with zero attached hydrogens (tertiary/aromatic N) is 1. The van der Waals surface area contributed by atoms with Crippen LogP contribution in [0.5, 0.6) is 0 Å². The van der Waals surface area contributed by atoms with Gasteiger partial charge in [0, 0.05) is 19.7 Å². The van der Waals surface area contributed by atoms with Crippen molar-refractivity contribution in [3.63, 3.8) is 0 Å². The standard InChI is InChI=1S/C10H19NO5S/c1-2-6-16-9-4-3-5-11(7-9)17(14,15)8-10(12)13/h9H,2-8H2,1H3,(H,12,13). The van der Waals surface area contributed by atoms with Crippen LogP contribution in [0.4, 0.5) is 0 Å². The molecule has 1 atom stereocenters. The second-order valence-electron chi connectivity index (χ2n) is 4.14. The van der Waals surface area contributed by atoms with E-state index in [1.807, 2.05) is 6.92 Å². The molecule has 17 heavy (non-hydrogen) atoms. The van der Waals surface area contributed by atoms with Gasteiger partial charge in [0.05, 0.1) is 6.10 Å². The lowest BCUT2D eigenvalue weighted by Crippen LogP contribution is -2.45. The quantitative estimate of drug-likeness (QED) is 0.746. The van der Waals surface area contributed by atoms with E-state index in [2.05, 4.69) is 0 Å². The molecule has 0 saturated carbocycles. The van der Waals surface area contributed by atoms with Gasteiger partial charge in [-0.2, -0.15) is 4.31 Å². The average Bonchev–Trinajstić information content (AvgIpc) is 2.25. The lowest BCUT2D eigenvalue weighted by atomic mass is 10.1. The second-order valence-corrected chi connectivity index (χ2v) is 6.11. The molecule has 0 radical (unpaired) electrons. The third-order valence-electron chi connectivity index (χ3n) is 2.60. The van der Waals surface area contributed by atoms with Crippen molar-refractivity contribution in [1.82, 2.24) is 4.31 Å². The number of sulfonamides is 1. The highest BCUT2D eigenvalue weighted by Gasteiger charge is 2.30. The molecule has 1 aliphatic heterocycles. The fraction of sp³-hybridized carbons (Fsp3) is 0.900. The number of carboxylic acid groups (broad SMARTS) is 1. The zero-order valence-electron chi connectivity index (χ0n) is 9.96. The van der Waals surface area contributed by atoms with E-state index in [0.29, 0.717) is 19.6 Å². The first-order valence-corrected chi connectivity index (χ1v) is 7.38. The molecule has 1 rings (SSSR count). The molecule has 1 heterocycles. The largest absolute Gasteiger partial charge is 0.480 e. The molecule has 6 nitrogen and oxygen atoms in total. The molecule has 1 unspecified atom stereocenters. The first-order chi connectivity index (χ1) is 7.95. The van der Waals surface area contributed by atoms with Crippen LogP contribution in [0, 0.1) is 0 Å². The molecule has 0 amide bonds. The van der Waals surface area contributed by atoms with E-state index in [1.165, 1.54) is 4.31 Å². The number of piperidine rings is 1. The highest BCUT2D eigenvalue weighted by Crippen LogP contribution is 2.16. The third-order valence-corrected chi connectivity index (χ3v) is 4.33. The van der Waals surface area contributed by atoms with Crippen LogP contribution in [0.3, 0.4) is 0 Å². The van der Waals surface area contributed by atoms with E-state index in [9.17, 15) is 13.2 Å². The molecular weight excluding hydrogens is 246 g/mol. The van der Waals surface area contributed by atoms with E-state index < -0.39 is 21.7 Å². The van der Waals surface area contributed by atoms with Crippen LogP contribution in [-0.4, -0.2) is 55.4 Å². The maximum Gasteiger partial charge on any atom is 0.320 e. The van der Waals surface area contributed by atoms with E-state index >= 15 is 0 Å². The monoisotopic (exact) mass is 265 g/mol. The van der Waals surface area contributed by atoms with Gasteiger partial charge in [-0.1, -0.05) is 6.92 Å². The van der Waals surface area contributed by atoms with Crippen molar-refractivity contribution in [1.29, 1.82) is 0 Å². The summed E-state index contributed by atoms with van der Waals surface area (Å²) in [6.07, 6.45) is 2.33. The summed E-state index contributed by atoms with van der Waals surface area (Å²) >= 11 is 0. The zero-order valence-corrected chi connectivity index (χ0v) is 10.8. The Labute approximate surface area is 102 Å². The first-order valence-electron chi connectivity index (χ1n) is 5.77. The fourth-order valence-corrected chi connectivity index (χ4v) is 3.12. The average molecular weight is 265 g/mol. The fourth-order valence-electron chi connectivity index (χ4n) is 1.83. The lowest BCUT2D eigenvalue weighted by Gasteiger charge is -2.31. The van der Waals surface area contributed by atoms with E-state index in [-0.39, 0.29) is 12.6 Å². The molecular formula is C10H19NO5S. The minimum absolute atomic E-state index is 0.104. The van der Waals surface area contributed by atoms with Gasteiger partial charge in [0.2, 0.25) is 10.0 Å². The number of carbonyl (C=O) groups is 1. The summed E-state index contributed by atoms with van der Waals surface area (Å²) < 4.78 is 30.1. The predicted molar refractivity (Wildman–Crippen MR) is 62.3 cm³/mol. The SMILES string of the molecule is CCCOC1CCCN(S(=O)(=O)CC(=O)O)C1. The number of carboxylic acids is 1. The Kier molecular flexibility index (Phi) is 5.35. The Morgan fingerprint density at radius 3 is 2.82 bits per heavy atom. The van der Waals surface area contributed by atoms with Crippen LogP contribution in [-0.2, 0) is 19.6 Å². The van der Waals surface area contributed by atoms with Gasteiger partial charge in [-0.05, 0) is 19.3 Å². The van der Waals surface area contributed by atoms with Gasteiger partial charge in [-0.3, -0.25) is 4.79 Å². The Bertz CT molecular complexity index is 354. The van der Waals surface area contributed by atoms with Gasteiger partial charge in [0.15, 0.2) is 5.75 Å². The highest BCUT2D eigenvalue weighted by molar-refractivity contribution is 7.89. The Morgan fingerprint density at radius 1 is 1.53 bits per heavy atom. The molecule has 1 saturated heterocycles. The number of ether oxygens (including phenoxy) is 1. The molecule has 0 aliphatic carbocycles. The topological polar surface area (TPSA) is 83.9 Å². The number of rotatable bonds is 6. The summed E-state index contributed by atoms with van der Waals surface area (Å²) in [5.74, 6) is -2.16. The molecule has 7 heteroatoms. The Balaban J connectivity index is 2.56. The van der Waals surface area contributed by atoms with Crippen molar-refractivity contribution in [3.05, 3.63) is 0 Å². The minimum Gasteiger partial charge on any atom is -0.480 e. The molecule has 100 valence electrons. The second kappa shape index (κ2) is 6.32. The number of aliphatic carboxylic acids is 1. The summed E-state index contributed by atoms with van der Waals surface area (Å²) in [5.41, 5.74) is 0. The third kappa shape index (κ3) is 4.61. The molecule has 0 aromatic carbocycles. The maximum absolute atomic E-state index is 11.7. The van der Waals surface area contributed by atoms with E-state index in [0.717, 1.165) is 12.8 Å². The van der Waals surface area contributed by atoms with Gasteiger partial charge in [-0.25, -0.2) is 8.42 Å². The Hall–Kier alpha value is -0.660. The van der Waals surface area contributed by atoms with Crippen molar-refractivity contribution < 1.29 is 23.1 Å². The summed E-state index contributed by atoms with van der Waals surface area (Å²) in [6.45, 7) is 3.26. The normalized spacial score (nSPS) is 22.5.